The first-order chi connectivity index (χ1) is 16.7. The van der Waals surface area contributed by atoms with Gasteiger partial charge in [-0.2, -0.15) is 0 Å². The van der Waals surface area contributed by atoms with Gasteiger partial charge in [-0.25, -0.2) is 28.2 Å². The van der Waals surface area contributed by atoms with Crippen molar-refractivity contribution in [3.05, 3.63) is 29.8 Å². The summed E-state index contributed by atoms with van der Waals surface area (Å²) in [5.74, 6) is 1.50. The molecular formula is C21H27N7O5S2. The summed E-state index contributed by atoms with van der Waals surface area (Å²) in [6.45, 7) is 2.06. The number of hydrogen-bond acceptors (Lipinski definition) is 11. The standard InChI is InChI=1S/C21H27N7O5S2/c1-2-7-34-21-24-19(23-13-8-12(13)10-3-5-11(6-4-10)35(22,32)33)16-20(25-21)28(27-26-16)14-9-15(29)18(31)17(14)30/h3-6,12-15,17-18,29-31H,2,7-9H2,1H3,(H2,22,32,33)(H,23,24,25)/t12-,13+,14?,15-,17?,18+/m1/s1. The first kappa shape index (κ1) is 24.3. The van der Waals surface area contributed by atoms with Crippen LogP contribution in [0.5, 0.6) is 0 Å². The van der Waals surface area contributed by atoms with Crippen molar-refractivity contribution in [3.63, 3.8) is 0 Å². The van der Waals surface area contributed by atoms with Gasteiger partial charge in [-0.3, -0.25) is 0 Å². The second-order valence-electron chi connectivity index (χ2n) is 8.97. The molecule has 3 aromatic rings. The summed E-state index contributed by atoms with van der Waals surface area (Å²) < 4.78 is 24.5. The number of aromatic nitrogens is 5. The van der Waals surface area contributed by atoms with E-state index in [0.29, 0.717) is 22.1 Å². The Bertz CT molecular complexity index is 1330. The van der Waals surface area contributed by atoms with E-state index in [-0.39, 0.29) is 23.3 Å². The van der Waals surface area contributed by atoms with Crippen LogP contribution in [-0.2, 0) is 10.0 Å². The molecule has 0 aliphatic heterocycles. The van der Waals surface area contributed by atoms with Crippen LogP contribution in [0.1, 0.15) is 43.7 Å². The number of aliphatic hydroxyl groups is 3. The van der Waals surface area contributed by atoms with Crippen molar-refractivity contribution in [2.75, 3.05) is 11.1 Å². The van der Waals surface area contributed by atoms with E-state index in [1.54, 1.807) is 12.1 Å². The van der Waals surface area contributed by atoms with Gasteiger partial charge in [-0.15, -0.1) is 5.10 Å². The fraction of sp³-hybridized carbons (Fsp3) is 0.524. The number of anilines is 1. The average Bonchev–Trinajstić information content (AvgIpc) is 3.39. The molecular weight excluding hydrogens is 494 g/mol. The summed E-state index contributed by atoms with van der Waals surface area (Å²) in [6.07, 6.45) is -1.63. The highest BCUT2D eigenvalue weighted by molar-refractivity contribution is 7.99. The molecule has 0 spiro atoms. The van der Waals surface area contributed by atoms with Crippen LogP contribution in [0.25, 0.3) is 11.2 Å². The lowest BCUT2D eigenvalue weighted by Gasteiger charge is -2.16. The topological polar surface area (TPSA) is 189 Å². The van der Waals surface area contributed by atoms with Gasteiger partial charge >= 0.3 is 0 Å². The molecule has 2 aliphatic rings. The number of fused-ring (bicyclic) bond motifs is 1. The summed E-state index contributed by atoms with van der Waals surface area (Å²) in [5.41, 5.74) is 1.84. The maximum absolute atomic E-state index is 11.5. The zero-order chi connectivity index (χ0) is 24.9. The molecule has 2 heterocycles. The zero-order valence-corrected chi connectivity index (χ0v) is 20.5. The van der Waals surface area contributed by atoms with E-state index in [2.05, 4.69) is 32.5 Å². The molecule has 5 rings (SSSR count). The molecule has 2 unspecified atom stereocenters. The first-order valence-corrected chi connectivity index (χ1v) is 13.9. The van der Waals surface area contributed by atoms with Gasteiger partial charge in [-0.05, 0) is 30.5 Å². The third kappa shape index (κ3) is 4.73. The lowest BCUT2D eigenvalue weighted by atomic mass is 10.1. The molecule has 2 saturated carbocycles. The Morgan fingerprint density at radius 3 is 2.51 bits per heavy atom. The molecule has 0 amide bonds. The number of nitrogens with one attached hydrogen (secondary N) is 1. The van der Waals surface area contributed by atoms with Gasteiger partial charge < -0.3 is 20.6 Å². The molecule has 0 bridgehead atoms. The maximum Gasteiger partial charge on any atom is 0.238 e. The molecule has 0 saturated heterocycles. The Morgan fingerprint density at radius 1 is 1.14 bits per heavy atom. The summed E-state index contributed by atoms with van der Waals surface area (Å²) in [4.78, 5) is 9.33. The van der Waals surface area contributed by atoms with Crippen molar-refractivity contribution in [3.8, 4) is 0 Å². The van der Waals surface area contributed by atoms with E-state index in [1.807, 2.05) is 0 Å². The summed E-state index contributed by atoms with van der Waals surface area (Å²) in [5, 5.41) is 48.0. The molecule has 35 heavy (non-hydrogen) atoms. The van der Waals surface area contributed by atoms with E-state index in [9.17, 15) is 23.7 Å². The zero-order valence-electron chi connectivity index (χ0n) is 18.9. The first-order valence-electron chi connectivity index (χ1n) is 11.4. The normalized spacial score (nSPS) is 28.5. The second kappa shape index (κ2) is 9.26. The van der Waals surface area contributed by atoms with Crippen molar-refractivity contribution >= 4 is 38.8 Å². The van der Waals surface area contributed by atoms with E-state index in [4.69, 9.17) is 5.14 Å². The fourth-order valence-corrected chi connectivity index (χ4v) is 5.63. The SMILES string of the molecule is CCCSc1nc(N[C@H]2C[C@@H]2c2ccc(S(N)(=O)=O)cc2)c2nnn(C3C[C@@H](O)[C@H](O)C3O)c2n1. The predicted octanol–water partition coefficient (Wildman–Crippen LogP) is 0.366. The van der Waals surface area contributed by atoms with Crippen LogP contribution in [0, 0.1) is 0 Å². The lowest BCUT2D eigenvalue weighted by Crippen LogP contribution is -2.31. The van der Waals surface area contributed by atoms with Crippen LogP contribution in [0.15, 0.2) is 34.3 Å². The van der Waals surface area contributed by atoms with E-state index >= 15 is 0 Å². The number of thioether (sulfide) groups is 1. The summed E-state index contributed by atoms with van der Waals surface area (Å²) in [7, 11) is -3.74. The highest BCUT2D eigenvalue weighted by Crippen LogP contribution is 2.43. The van der Waals surface area contributed by atoms with Gasteiger partial charge in [-0.1, -0.05) is 36.0 Å². The number of rotatable bonds is 8. The third-order valence-corrected chi connectivity index (χ3v) is 8.41. The van der Waals surface area contributed by atoms with Gasteiger partial charge in [0.05, 0.1) is 17.0 Å². The molecule has 14 heteroatoms. The van der Waals surface area contributed by atoms with E-state index < -0.39 is 34.4 Å². The van der Waals surface area contributed by atoms with Crippen molar-refractivity contribution in [2.45, 2.75) is 72.6 Å². The maximum atomic E-state index is 11.5. The van der Waals surface area contributed by atoms with Gasteiger partial charge in [0.2, 0.25) is 10.0 Å². The Hall–Kier alpha value is -2.36. The van der Waals surface area contributed by atoms with Crippen molar-refractivity contribution in [2.24, 2.45) is 5.14 Å². The molecule has 6 atom stereocenters. The second-order valence-corrected chi connectivity index (χ2v) is 11.6. The minimum Gasteiger partial charge on any atom is -0.390 e. The van der Waals surface area contributed by atoms with Gasteiger partial charge in [0, 0.05) is 24.1 Å². The molecule has 2 fully saturated rings. The number of sulfonamides is 1. The molecule has 2 aliphatic carbocycles. The fourth-order valence-electron chi connectivity index (χ4n) is 4.42. The van der Waals surface area contributed by atoms with Gasteiger partial charge in [0.1, 0.15) is 12.2 Å². The number of benzene rings is 1. The Kier molecular flexibility index (Phi) is 6.44. The molecule has 12 nitrogen and oxygen atoms in total. The van der Waals surface area contributed by atoms with Crippen LogP contribution in [-0.4, -0.2) is 78.8 Å². The summed E-state index contributed by atoms with van der Waals surface area (Å²) in [6, 6.07) is 5.93. The van der Waals surface area contributed by atoms with Crippen LogP contribution in [0.2, 0.25) is 0 Å². The van der Waals surface area contributed by atoms with Crippen LogP contribution in [0.4, 0.5) is 5.82 Å². The number of primary sulfonamides is 1. The molecule has 188 valence electrons. The van der Waals surface area contributed by atoms with Crippen LogP contribution < -0.4 is 10.5 Å². The van der Waals surface area contributed by atoms with E-state index in [1.165, 1.54) is 28.6 Å². The third-order valence-electron chi connectivity index (χ3n) is 6.42. The monoisotopic (exact) mass is 521 g/mol. The number of hydrogen-bond donors (Lipinski definition) is 5. The van der Waals surface area contributed by atoms with Crippen molar-refractivity contribution in [1.29, 1.82) is 0 Å². The molecule has 0 radical (unpaired) electrons. The Balaban J connectivity index is 1.42. The highest BCUT2D eigenvalue weighted by atomic mass is 32.2. The minimum absolute atomic E-state index is 0.0586. The molecule has 1 aromatic carbocycles. The quantitative estimate of drug-likeness (QED) is 0.203. The molecule has 2 aromatic heterocycles. The lowest BCUT2D eigenvalue weighted by molar-refractivity contribution is -0.0253. The van der Waals surface area contributed by atoms with Crippen molar-refractivity contribution < 1.29 is 23.7 Å². The largest absolute Gasteiger partial charge is 0.390 e. The molecule has 6 N–H and O–H groups in total. The van der Waals surface area contributed by atoms with Gasteiger partial charge in [0.15, 0.2) is 22.1 Å². The Morgan fingerprint density at radius 2 is 1.89 bits per heavy atom. The van der Waals surface area contributed by atoms with Crippen LogP contribution >= 0.6 is 11.8 Å². The van der Waals surface area contributed by atoms with E-state index in [0.717, 1.165) is 24.2 Å². The highest BCUT2D eigenvalue weighted by Gasteiger charge is 2.44. The van der Waals surface area contributed by atoms with Crippen molar-refractivity contribution in [1.82, 2.24) is 25.0 Å². The Labute approximate surface area is 206 Å². The minimum atomic E-state index is -3.74. The predicted molar refractivity (Wildman–Crippen MR) is 128 cm³/mol. The number of aliphatic hydroxyl groups excluding tert-OH is 3. The van der Waals surface area contributed by atoms with Gasteiger partial charge in [0.25, 0.3) is 0 Å². The smallest absolute Gasteiger partial charge is 0.238 e. The number of nitrogens with two attached hydrogens (primary N) is 1. The summed E-state index contributed by atoms with van der Waals surface area (Å²) >= 11 is 1.49. The average molecular weight is 522 g/mol. The van der Waals surface area contributed by atoms with Crippen LogP contribution in [0.3, 0.4) is 0 Å². The number of nitrogens with zero attached hydrogens (tertiary/aromatic N) is 5.